The minimum Gasteiger partial charge on any atom is -0.395 e. The number of rotatable bonds is 4. The van der Waals surface area contributed by atoms with Gasteiger partial charge in [0.25, 0.3) is 5.91 Å². The van der Waals surface area contributed by atoms with Gasteiger partial charge in [-0.15, -0.1) is 0 Å². The third kappa shape index (κ3) is 4.99. The molecular weight excluding hydrogens is 354 g/mol. The first-order valence-corrected chi connectivity index (χ1v) is 9.85. The second-order valence-electron chi connectivity index (χ2n) is 7.37. The summed E-state index contributed by atoms with van der Waals surface area (Å²) in [4.78, 5) is 20.1. The van der Waals surface area contributed by atoms with E-state index >= 15 is 0 Å². The molecule has 1 fully saturated rings. The van der Waals surface area contributed by atoms with Gasteiger partial charge in [0.05, 0.1) is 24.0 Å². The molecule has 7 nitrogen and oxygen atoms in total. The Morgan fingerprint density at radius 2 is 2.14 bits per heavy atom. The number of nitrogens with two attached hydrogens (primary N) is 1. The van der Waals surface area contributed by atoms with Crippen molar-refractivity contribution in [3.63, 3.8) is 0 Å². The summed E-state index contributed by atoms with van der Waals surface area (Å²) in [5, 5.41) is 12.3. The predicted octanol–water partition coefficient (Wildman–Crippen LogP) is 2.74. The highest BCUT2D eigenvalue weighted by Crippen LogP contribution is 2.24. The lowest BCUT2D eigenvalue weighted by atomic mass is 9.95. The zero-order valence-corrected chi connectivity index (χ0v) is 16.3. The number of imidazole rings is 1. The Hall–Kier alpha value is -2.64. The molecular formula is C21H29N5O2. The van der Waals surface area contributed by atoms with E-state index in [9.17, 15) is 4.79 Å². The van der Waals surface area contributed by atoms with E-state index in [0.29, 0.717) is 11.6 Å². The van der Waals surface area contributed by atoms with E-state index in [-0.39, 0.29) is 18.6 Å². The molecule has 0 spiro atoms. The molecule has 2 aromatic heterocycles. The minimum absolute atomic E-state index is 0.00585. The monoisotopic (exact) mass is 383 g/mol. The van der Waals surface area contributed by atoms with Crippen LogP contribution >= 0.6 is 0 Å². The molecule has 1 atom stereocenters. The van der Waals surface area contributed by atoms with E-state index in [0.717, 1.165) is 29.4 Å². The molecule has 7 heteroatoms. The first kappa shape index (κ1) is 20.1. The highest BCUT2D eigenvalue weighted by Gasteiger charge is 2.19. The van der Waals surface area contributed by atoms with E-state index in [1.807, 2.05) is 29.1 Å². The molecule has 28 heavy (non-hydrogen) atoms. The van der Waals surface area contributed by atoms with Crippen molar-refractivity contribution < 1.29 is 9.90 Å². The maximum absolute atomic E-state index is 12.8. The van der Waals surface area contributed by atoms with Gasteiger partial charge in [0.2, 0.25) is 0 Å². The van der Waals surface area contributed by atoms with Gasteiger partial charge in [-0.1, -0.05) is 19.3 Å². The van der Waals surface area contributed by atoms with E-state index in [1.54, 1.807) is 19.4 Å². The van der Waals surface area contributed by atoms with Crippen molar-refractivity contribution in [2.24, 2.45) is 5.73 Å². The van der Waals surface area contributed by atoms with Crippen molar-refractivity contribution in [2.45, 2.75) is 51.1 Å². The Kier molecular flexibility index (Phi) is 6.84. The number of H-pyrrole nitrogens is 1. The van der Waals surface area contributed by atoms with Gasteiger partial charge in [0.15, 0.2) is 0 Å². The topological polar surface area (TPSA) is 109 Å². The van der Waals surface area contributed by atoms with Crippen LogP contribution in [0.5, 0.6) is 0 Å². The van der Waals surface area contributed by atoms with Gasteiger partial charge in [-0.2, -0.15) is 0 Å². The van der Waals surface area contributed by atoms with Crippen LogP contribution in [0.15, 0.2) is 43.1 Å². The molecule has 2 heterocycles. The largest absolute Gasteiger partial charge is 0.395 e. The number of fused-ring (bicyclic) bond motifs is 1. The van der Waals surface area contributed by atoms with Crippen LogP contribution in [0.1, 0.15) is 49.4 Å². The molecule has 5 N–H and O–H groups in total. The van der Waals surface area contributed by atoms with E-state index in [4.69, 9.17) is 10.8 Å². The van der Waals surface area contributed by atoms with Gasteiger partial charge in [-0.25, -0.2) is 4.98 Å². The zero-order chi connectivity index (χ0) is 19.9. The van der Waals surface area contributed by atoms with E-state index in [2.05, 4.69) is 21.4 Å². The summed E-state index contributed by atoms with van der Waals surface area (Å²) in [7, 11) is 0. The number of carbonyl (C=O) groups excluding carboxylic acids is 1. The number of hydrogen-bond donors (Lipinski definition) is 4. The third-order valence-electron chi connectivity index (χ3n) is 4.92. The second kappa shape index (κ2) is 9.52. The number of amides is 1. The summed E-state index contributed by atoms with van der Waals surface area (Å²) < 4.78 is 1.92. The van der Waals surface area contributed by atoms with Crippen molar-refractivity contribution in [1.29, 1.82) is 0 Å². The molecule has 3 aromatic rings. The first-order valence-electron chi connectivity index (χ1n) is 9.85. The molecule has 0 aliphatic heterocycles. The lowest BCUT2D eigenvalue weighted by Crippen LogP contribution is -2.36. The molecule has 1 aromatic carbocycles. The standard InChI is InChI=1S/C18H20N4O.C3H9NO/c23-18(21-14-4-2-1-3-5-14)16-11-15(22-9-8-19-12-22)10-13-6-7-20-17(13)16;1-3(4)2-5/h6-12,14,20H,1-5H2,(H,21,23);3,5H,2,4H2,1H3. The van der Waals surface area contributed by atoms with Gasteiger partial charge < -0.3 is 25.7 Å². The van der Waals surface area contributed by atoms with Crippen LogP contribution in [0.3, 0.4) is 0 Å². The first-order chi connectivity index (χ1) is 13.6. The van der Waals surface area contributed by atoms with E-state index < -0.39 is 0 Å². The van der Waals surface area contributed by atoms with Crippen LogP contribution in [0, 0.1) is 0 Å². The fourth-order valence-electron chi connectivity index (χ4n) is 3.41. The Morgan fingerprint density at radius 1 is 1.39 bits per heavy atom. The van der Waals surface area contributed by atoms with Gasteiger partial charge in [-0.05, 0) is 38.0 Å². The molecule has 0 radical (unpaired) electrons. The number of aliphatic hydroxyl groups is 1. The Balaban J connectivity index is 0.000000403. The minimum atomic E-state index is -0.0602. The van der Waals surface area contributed by atoms with Crippen LogP contribution in [-0.4, -0.2) is 44.2 Å². The number of hydrogen-bond acceptors (Lipinski definition) is 4. The van der Waals surface area contributed by atoms with Crippen LogP contribution in [0.4, 0.5) is 0 Å². The summed E-state index contributed by atoms with van der Waals surface area (Å²) in [5.41, 5.74) is 7.58. The van der Waals surface area contributed by atoms with Crippen molar-refractivity contribution in [1.82, 2.24) is 19.9 Å². The lowest BCUT2D eigenvalue weighted by molar-refractivity contribution is 0.0929. The number of aromatic nitrogens is 3. The third-order valence-corrected chi connectivity index (χ3v) is 4.92. The van der Waals surface area contributed by atoms with Crippen molar-refractivity contribution in [3.8, 4) is 5.69 Å². The molecule has 0 saturated heterocycles. The maximum atomic E-state index is 12.8. The lowest BCUT2D eigenvalue weighted by Gasteiger charge is -2.23. The van der Waals surface area contributed by atoms with Crippen LogP contribution in [-0.2, 0) is 0 Å². The highest BCUT2D eigenvalue weighted by atomic mass is 16.3. The summed E-state index contributed by atoms with van der Waals surface area (Å²) in [6.07, 6.45) is 13.1. The number of nitrogens with one attached hydrogen (secondary N) is 2. The molecule has 1 aliphatic carbocycles. The highest BCUT2D eigenvalue weighted by molar-refractivity contribution is 6.06. The van der Waals surface area contributed by atoms with Crippen LogP contribution in [0.25, 0.3) is 16.6 Å². The summed E-state index contributed by atoms with van der Waals surface area (Å²) in [6.45, 7) is 1.83. The van der Waals surface area contributed by atoms with Crippen molar-refractivity contribution in [2.75, 3.05) is 6.61 Å². The average Bonchev–Trinajstić information content (AvgIpc) is 3.40. The Labute approximate surface area is 165 Å². The van der Waals surface area contributed by atoms with Crippen molar-refractivity contribution in [3.05, 3.63) is 48.7 Å². The maximum Gasteiger partial charge on any atom is 0.253 e. The number of nitrogens with zero attached hydrogens (tertiary/aromatic N) is 2. The van der Waals surface area contributed by atoms with Gasteiger partial charge >= 0.3 is 0 Å². The average molecular weight is 383 g/mol. The van der Waals surface area contributed by atoms with Gasteiger partial charge in [-0.3, -0.25) is 4.79 Å². The quantitative estimate of drug-likeness (QED) is 0.555. The Morgan fingerprint density at radius 3 is 2.79 bits per heavy atom. The number of aromatic amines is 1. The van der Waals surface area contributed by atoms with Crippen LogP contribution < -0.4 is 11.1 Å². The molecule has 1 saturated carbocycles. The molecule has 1 amide bonds. The van der Waals surface area contributed by atoms with E-state index in [1.165, 1.54) is 19.3 Å². The molecule has 1 aliphatic rings. The number of benzene rings is 1. The van der Waals surface area contributed by atoms with Crippen LogP contribution in [0.2, 0.25) is 0 Å². The SMILES string of the molecule is CC(N)CO.O=C(NC1CCCCC1)c1cc(-n2ccnc2)cc2cc[nH]c12. The zero-order valence-electron chi connectivity index (χ0n) is 16.3. The fourth-order valence-corrected chi connectivity index (χ4v) is 3.41. The fraction of sp³-hybridized carbons (Fsp3) is 0.429. The molecule has 4 rings (SSSR count). The molecule has 150 valence electrons. The smallest absolute Gasteiger partial charge is 0.253 e. The summed E-state index contributed by atoms with van der Waals surface area (Å²) in [6, 6.07) is 6.23. The second-order valence-corrected chi connectivity index (χ2v) is 7.37. The molecule has 1 unspecified atom stereocenters. The summed E-state index contributed by atoms with van der Waals surface area (Å²) >= 11 is 0. The summed E-state index contributed by atoms with van der Waals surface area (Å²) in [5.74, 6) is 0.00585. The normalized spacial score (nSPS) is 15.7. The van der Waals surface area contributed by atoms with Crippen molar-refractivity contribution >= 4 is 16.8 Å². The van der Waals surface area contributed by atoms with Gasteiger partial charge in [0.1, 0.15) is 0 Å². The Bertz CT molecular complexity index is 879. The molecule has 0 bridgehead atoms. The number of aliphatic hydroxyl groups excluding tert-OH is 1. The number of carbonyl (C=O) groups is 1. The van der Waals surface area contributed by atoms with Gasteiger partial charge in [0, 0.05) is 41.7 Å². The predicted molar refractivity (Wildman–Crippen MR) is 110 cm³/mol.